The Morgan fingerprint density at radius 1 is 1.33 bits per heavy atom. The Bertz CT molecular complexity index is 932. The number of ether oxygens (including phenoxy) is 1. The van der Waals surface area contributed by atoms with Crippen LogP contribution in [0, 0.1) is 0 Å². The van der Waals surface area contributed by atoms with Crippen LogP contribution < -0.4 is 0 Å². The molecule has 10 heteroatoms. The van der Waals surface area contributed by atoms with Crippen LogP contribution in [-0.2, 0) is 38.3 Å². The highest BCUT2D eigenvalue weighted by Crippen LogP contribution is 2.21. The molecule has 1 aliphatic rings. The van der Waals surface area contributed by atoms with Gasteiger partial charge in [-0.15, -0.1) is 0 Å². The standard InChI is InChI=1S/C20H28N4O5S/c1-16(25)24(12-10-19-21-20(14-28-2)29-22-19)18-9-6-11-23(13-18)30(26,27)15-17-7-4-3-5-8-17/h3-5,7-8,18H,6,9-15H2,1-2H3. The van der Waals surface area contributed by atoms with E-state index in [9.17, 15) is 13.2 Å². The van der Waals surface area contributed by atoms with E-state index >= 15 is 0 Å². The van der Waals surface area contributed by atoms with E-state index < -0.39 is 10.0 Å². The van der Waals surface area contributed by atoms with Crippen molar-refractivity contribution >= 4 is 15.9 Å². The SMILES string of the molecule is COCc1nc(CCN(C(C)=O)C2CCCN(S(=O)(=O)Cc3ccccc3)C2)no1. The summed E-state index contributed by atoms with van der Waals surface area (Å²) in [5.41, 5.74) is 0.756. The molecule has 0 N–H and O–H groups in total. The first-order valence-corrected chi connectivity index (χ1v) is 11.6. The fourth-order valence-corrected chi connectivity index (χ4v) is 5.30. The lowest BCUT2D eigenvalue weighted by Crippen LogP contribution is -2.51. The monoisotopic (exact) mass is 436 g/mol. The number of hydrogen-bond donors (Lipinski definition) is 0. The number of nitrogens with zero attached hydrogens (tertiary/aromatic N) is 4. The highest BCUT2D eigenvalue weighted by Gasteiger charge is 2.33. The minimum absolute atomic E-state index is 0.0359. The number of carbonyl (C=O) groups is 1. The number of aromatic nitrogens is 2. The summed E-state index contributed by atoms with van der Waals surface area (Å²) in [7, 11) is -1.91. The zero-order chi connectivity index (χ0) is 21.6. The minimum atomic E-state index is -3.46. The molecule has 0 bridgehead atoms. The second kappa shape index (κ2) is 10.1. The molecule has 1 amide bonds. The largest absolute Gasteiger partial charge is 0.375 e. The number of benzene rings is 1. The predicted molar refractivity (Wildman–Crippen MR) is 110 cm³/mol. The van der Waals surface area contributed by atoms with Crippen molar-refractivity contribution in [2.45, 2.75) is 44.6 Å². The Hall–Kier alpha value is -2.30. The lowest BCUT2D eigenvalue weighted by molar-refractivity contribution is -0.131. The number of methoxy groups -OCH3 is 1. The number of amides is 1. The number of sulfonamides is 1. The summed E-state index contributed by atoms with van der Waals surface area (Å²) in [6, 6.07) is 8.97. The van der Waals surface area contributed by atoms with Crippen LogP contribution in [-0.4, -0.2) is 66.5 Å². The summed E-state index contributed by atoms with van der Waals surface area (Å²) >= 11 is 0. The van der Waals surface area contributed by atoms with E-state index in [-0.39, 0.29) is 24.3 Å². The summed E-state index contributed by atoms with van der Waals surface area (Å²) < 4.78 is 37.4. The maximum atomic E-state index is 12.9. The average molecular weight is 437 g/mol. The smallest absolute Gasteiger partial charge is 0.252 e. The Kier molecular flexibility index (Phi) is 7.57. The van der Waals surface area contributed by atoms with Gasteiger partial charge in [0.15, 0.2) is 5.82 Å². The first-order chi connectivity index (χ1) is 14.4. The molecule has 30 heavy (non-hydrogen) atoms. The van der Waals surface area contributed by atoms with Gasteiger partial charge in [-0.3, -0.25) is 4.79 Å². The van der Waals surface area contributed by atoms with Crippen LogP contribution >= 0.6 is 0 Å². The maximum Gasteiger partial charge on any atom is 0.252 e. The Balaban J connectivity index is 1.64. The second-order valence-electron chi connectivity index (χ2n) is 7.40. The van der Waals surface area contributed by atoms with Crippen LogP contribution in [0.4, 0.5) is 0 Å². The van der Waals surface area contributed by atoms with Gasteiger partial charge < -0.3 is 14.2 Å². The van der Waals surface area contributed by atoms with Crippen molar-refractivity contribution < 1.29 is 22.5 Å². The third-order valence-corrected chi connectivity index (χ3v) is 6.96. The molecule has 2 aromatic rings. The maximum absolute atomic E-state index is 12.9. The van der Waals surface area contributed by atoms with Gasteiger partial charge in [-0.25, -0.2) is 8.42 Å². The van der Waals surface area contributed by atoms with Gasteiger partial charge in [-0.2, -0.15) is 9.29 Å². The molecule has 1 fully saturated rings. The molecule has 0 aliphatic carbocycles. The zero-order valence-electron chi connectivity index (χ0n) is 17.4. The molecular weight excluding hydrogens is 408 g/mol. The first-order valence-electron chi connectivity index (χ1n) is 9.98. The van der Waals surface area contributed by atoms with Gasteiger partial charge >= 0.3 is 0 Å². The quantitative estimate of drug-likeness (QED) is 0.588. The number of rotatable bonds is 9. The van der Waals surface area contributed by atoms with Crippen molar-refractivity contribution in [2.24, 2.45) is 0 Å². The summed E-state index contributed by atoms with van der Waals surface area (Å²) in [4.78, 5) is 18.2. The van der Waals surface area contributed by atoms with E-state index in [0.717, 1.165) is 12.0 Å². The van der Waals surface area contributed by atoms with Crippen molar-refractivity contribution in [3.05, 3.63) is 47.6 Å². The second-order valence-corrected chi connectivity index (χ2v) is 9.36. The minimum Gasteiger partial charge on any atom is -0.375 e. The van der Waals surface area contributed by atoms with Gasteiger partial charge in [0.25, 0.3) is 5.89 Å². The van der Waals surface area contributed by atoms with E-state index in [0.29, 0.717) is 44.2 Å². The van der Waals surface area contributed by atoms with Gasteiger partial charge in [0.05, 0.1) is 5.75 Å². The van der Waals surface area contributed by atoms with Crippen LogP contribution in [0.2, 0.25) is 0 Å². The van der Waals surface area contributed by atoms with Gasteiger partial charge in [-0.05, 0) is 18.4 Å². The Labute approximate surface area is 177 Å². The van der Waals surface area contributed by atoms with E-state index in [1.165, 1.54) is 11.2 Å². The number of piperidine rings is 1. The molecule has 9 nitrogen and oxygen atoms in total. The van der Waals surface area contributed by atoms with Crippen LogP contribution in [0.1, 0.15) is 37.0 Å². The third kappa shape index (κ3) is 5.87. The molecule has 164 valence electrons. The van der Waals surface area contributed by atoms with Crippen LogP contribution in [0.25, 0.3) is 0 Å². The van der Waals surface area contributed by atoms with Crippen molar-refractivity contribution in [3.63, 3.8) is 0 Å². The van der Waals surface area contributed by atoms with Gasteiger partial charge in [0.1, 0.15) is 6.61 Å². The first kappa shape index (κ1) is 22.4. The normalized spacial score (nSPS) is 17.7. The number of hydrogen-bond acceptors (Lipinski definition) is 7. The highest BCUT2D eigenvalue weighted by atomic mass is 32.2. The van der Waals surface area contributed by atoms with Gasteiger partial charge in [-0.1, -0.05) is 35.5 Å². The van der Waals surface area contributed by atoms with Crippen LogP contribution in [0.5, 0.6) is 0 Å². The molecule has 1 aromatic heterocycles. The molecule has 0 spiro atoms. The van der Waals surface area contributed by atoms with Crippen molar-refractivity contribution in [1.82, 2.24) is 19.3 Å². The topological polar surface area (TPSA) is 106 Å². The molecule has 1 aromatic carbocycles. The molecule has 0 saturated carbocycles. The lowest BCUT2D eigenvalue weighted by atomic mass is 10.1. The molecular formula is C20H28N4O5S. The molecule has 1 aliphatic heterocycles. The zero-order valence-corrected chi connectivity index (χ0v) is 18.2. The van der Waals surface area contributed by atoms with E-state index in [1.807, 2.05) is 30.3 Å². The summed E-state index contributed by atoms with van der Waals surface area (Å²) in [6.45, 7) is 2.92. The summed E-state index contributed by atoms with van der Waals surface area (Å²) in [5, 5.41) is 3.90. The average Bonchev–Trinajstić information content (AvgIpc) is 3.16. The van der Waals surface area contributed by atoms with Crippen LogP contribution in [0.15, 0.2) is 34.9 Å². The molecule has 1 saturated heterocycles. The van der Waals surface area contributed by atoms with E-state index in [4.69, 9.17) is 9.26 Å². The van der Waals surface area contributed by atoms with Crippen molar-refractivity contribution in [3.8, 4) is 0 Å². The molecule has 3 rings (SSSR count). The van der Waals surface area contributed by atoms with Gasteiger partial charge in [0.2, 0.25) is 15.9 Å². The van der Waals surface area contributed by atoms with E-state index in [1.54, 1.807) is 12.0 Å². The van der Waals surface area contributed by atoms with Crippen molar-refractivity contribution in [2.75, 3.05) is 26.7 Å². The fourth-order valence-electron chi connectivity index (χ4n) is 3.70. The number of carbonyl (C=O) groups excluding carboxylic acids is 1. The van der Waals surface area contributed by atoms with Crippen molar-refractivity contribution in [1.29, 1.82) is 0 Å². The molecule has 2 heterocycles. The summed E-state index contributed by atoms with van der Waals surface area (Å²) in [5.74, 6) is 0.754. The van der Waals surface area contributed by atoms with Crippen LogP contribution in [0.3, 0.4) is 0 Å². The molecule has 1 atom stereocenters. The third-order valence-electron chi connectivity index (χ3n) is 5.14. The Morgan fingerprint density at radius 2 is 2.10 bits per heavy atom. The lowest BCUT2D eigenvalue weighted by Gasteiger charge is -2.38. The highest BCUT2D eigenvalue weighted by molar-refractivity contribution is 7.88. The fraction of sp³-hybridized carbons (Fsp3) is 0.550. The molecule has 0 radical (unpaired) electrons. The van der Waals surface area contributed by atoms with Gasteiger partial charge in [0, 0.05) is 46.1 Å². The predicted octanol–water partition coefficient (Wildman–Crippen LogP) is 1.60. The Morgan fingerprint density at radius 3 is 2.80 bits per heavy atom. The molecule has 1 unspecified atom stereocenters. The van der Waals surface area contributed by atoms with E-state index in [2.05, 4.69) is 10.1 Å². The summed E-state index contributed by atoms with van der Waals surface area (Å²) in [6.07, 6.45) is 1.90.